The lowest BCUT2D eigenvalue weighted by molar-refractivity contribution is -0.117. The largest absolute Gasteiger partial charge is 0.356 e. The number of benzene rings is 1. The fourth-order valence-electron chi connectivity index (χ4n) is 1.53. The molecule has 0 aliphatic rings. The summed E-state index contributed by atoms with van der Waals surface area (Å²) in [4.78, 5) is 26.1. The molecule has 0 fully saturated rings. The van der Waals surface area contributed by atoms with Gasteiger partial charge in [0.25, 0.3) is 11.8 Å². The minimum Gasteiger partial charge on any atom is -0.356 e. The number of carbonyl (C=O) groups is 2. The van der Waals surface area contributed by atoms with Gasteiger partial charge < -0.3 is 4.98 Å². The van der Waals surface area contributed by atoms with Crippen LogP contribution in [0, 0.1) is 0 Å². The standard InChI is InChI=1S/C14H10BrCl2N3O2/c15-9-6-12(18-7-9)14(22)20-19-13(21)4-1-8-5-10(16)2-3-11(8)17/h1-7,18H,(H,19,21)(H,20,22)/b4-1+. The van der Waals surface area contributed by atoms with Crippen molar-refractivity contribution < 1.29 is 9.59 Å². The summed E-state index contributed by atoms with van der Waals surface area (Å²) >= 11 is 15.0. The Morgan fingerprint density at radius 3 is 2.64 bits per heavy atom. The van der Waals surface area contributed by atoms with Gasteiger partial charge in [0.05, 0.1) is 0 Å². The van der Waals surface area contributed by atoms with Crippen molar-refractivity contribution in [2.45, 2.75) is 0 Å². The van der Waals surface area contributed by atoms with Crippen LogP contribution in [0.25, 0.3) is 6.08 Å². The van der Waals surface area contributed by atoms with Crippen LogP contribution in [-0.2, 0) is 4.79 Å². The third kappa shape index (κ3) is 4.62. The van der Waals surface area contributed by atoms with Gasteiger partial charge >= 0.3 is 0 Å². The average Bonchev–Trinajstić information content (AvgIpc) is 2.92. The molecule has 1 aromatic carbocycles. The molecule has 3 N–H and O–H groups in total. The Hall–Kier alpha value is -1.76. The summed E-state index contributed by atoms with van der Waals surface area (Å²) in [5.41, 5.74) is 5.45. The summed E-state index contributed by atoms with van der Waals surface area (Å²) in [5, 5.41) is 0.976. The molecular weight excluding hydrogens is 393 g/mol. The third-order valence-corrected chi connectivity index (χ3v) is 3.60. The number of amides is 2. The predicted octanol–water partition coefficient (Wildman–Crippen LogP) is 3.56. The Balaban J connectivity index is 1.91. The molecule has 22 heavy (non-hydrogen) atoms. The van der Waals surface area contributed by atoms with E-state index in [-0.39, 0.29) is 0 Å². The van der Waals surface area contributed by atoms with E-state index in [0.29, 0.717) is 21.3 Å². The first-order valence-electron chi connectivity index (χ1n) is 6.03. The summed E-state index contributed by atoms with van der Waals surface area (Å²) in [6.07, 6.45) is 4.35. The van der Waals surface area contributed by atoms with Crippen LogP contribution in [0.2, 0.25) is 10.0 Å². The first-order valence-corrected chi connectivity index (χ1v) is 7.58. The van der Waals surface area contributed by atoms with Gasteiger partial charge in [0, 0.05) is 26.8 Å². The van der Waals surface area contributed by atoms with Crippen molar-refractivity contribution in [3.8, 4) is 0 Å². The summed E-state index contributed by atoms with van der Waals surface area (Å²) < 4.78 is 0.736. The molecule has 2 rings (SSSR count). The third-order valence-electron chi connectivity index (χ3n) is 2.56. The summed E-state index contributed by atoms with van der Waals surface area (Å²) in [6, 6.07) is 6.49. The molecule has 0 saturated carbocycles. The zero-order valence-electron chi connectivity index (χ0n) is 11.0. The van der Waals surface area contributed by atoms with Gasteiger partial charge in [0.1, 0.15) is 5.69 Å². The molecule has 0 spiro atoms. The lowest BCUT2D eigenvalue weighted by atomic mass is 10.2. The number of carbonyl (C=O) groups excluding carboxylic acids is 2. The number of hydrazine groups is 1. The first kappa shape index (κ1) is 16.6. The van der Waals surface area contributed by atoms with Gasteiger partial charge in [0.2, 0.25) is 0 Å². The van der Waals surface area contributed by atoms with Gasteiger partial charge in [-0.15, -0.1) is 0 Å². The number of rotatable bonds is 3. The Kier molecular flexibility index (Phi) is 5.65. The molecule has 0 unspecified atom stereocenters. The maximum Gasteiger partial charge on any atom is 0.286 e. The number of hydrogen-bond donors (Lipinski definition) is 3. The smallest absolute Gasteiger partial charge is 0.286 e. The van der Waals surface area contributed by atoms with Gasteiger partial charge in [0.15, 0.2) is 0 Å². The van der Waals surface area contributed by atoms with E-state index in [2.05, 4.69) is 31.8 Å². The molecule has 8 heteroatoms. The minimum atomic E-state index is -0.505. The highest BCUT2D eigenvalue weighted by atomic mass is 79.9. The van der Waals surface area contributed by atoms with E-state index in [1.165, 1.54) is 12.2 Å². The monoisotopic (exact) mass is 401 g/mol. The van der Waals surface area contributed by atoms with Crippen LogP contribution in [0.1, 0.15) is 16.1 Å². The maximum absolute atomic E-state index is 11.7. The van der Waals surface area contributed by atoms with E-state index < -0.39 is 11.8 Å². The highest BCUT2D eigenvalue weighted by Crippen LogP contribution is 2.21. The molecule has 1 heterocycles. The summed E-state index contributed by atoms with van der Waals surface area (Å²) in [7, 11) is 0. The maximum atomic E-state index is 11.7. The number of aromatic amines is 1. The average molecular weight is 403 g/mol. The fourth-order valence-corrected chi connectivity index (χ4v) is 2.24. The second-order valence-electron chi connectivity index (χ2n) is 4.17. The normalized spacial score (nSPS) is 10.7. The molecule has 0 aliphatic heterocycles. The Morgan fingerprint density at radius 1 is 1.18 bits per heavy atom. The van der Waals surface area contributed by atoms with E-state index in [0.717, 1.165) is 4.47 Å². The van der Waals surface area contributed by atoms with E-state index in [4.69, 9.17) is 23.2 Å². The van der Waals surface area contributed by atoms with Crippen LogP contribution in [-0.4, -0.2) is 16.8 Å². The molecule has 0 saturated heterocycles. The van der Waals surface area contributed by atoms with Crippen LogP contribution in [0.4, 0.5) is 0 Å². The van der Waals surface area contributed by atoms with Gasteiger partial charge in [-0.05, 0) is 51.8 Å². The Morgan fingerprint density at radius 2 is 1.95 bits per heavy atom. The number of hydrogen-bond acceptors (Lipinski definition) is 2. The Labute approximate surface area is 144 Å². The molecule has 0 radical (unpaired) electrons. The van der Waals surface area contributed by atoms with Gasteiger partial charge in [-0.25, -0.2) is 0 Å². The number of nitrogens with one attached hydrogen (secondary N) is 3. The van der Waals surface area contributed by atoms with Gasteiger partial charge in [-0.3, -0.25) is 20.4 Å². The van der Waals surface area contributed by atoms with Gasteiger partial charge in [-0.2, -0.15) is 0 Å². The molecule has 5 nitrogen and oxygen atoms in total. The van der Waals surface area contributed by atoms with Crippen molar-refractivity contribution in [1.82, 2.24) is 15.8 Å². The number of aromatic nitrogens is 1. The molecule has 114 valence electrons. The first-order chi connectivity index (χ1) is 10.5. The lowest BCUT2D eigenvalue weighted by Crippen LogP contribution is -2.40. The van der Waals surface area contributed by atoms with Crippen LogP contribution >= 0.6 is 39.1 Å². The van der Waals surface area contributed by atoms with Crippen LogP contribution in [0.5, 0.6) is 0 Å². The molecule has 1 aromatic heterocycles. The van der Waals surface area contributed by atoms with Crippen molar-refractivity contribution in [2.24, 2.45) is 0 Å². The second kappa shape index (κ2) is 7.49. The number of H-pyrrole nitrogens is 1. The molecule has 0 bridgehead atoms. The van der Waals surface area contributed by atoms with Crippen molar-refractivity contribution in [1.29, 1.82) is 0 Å². The highest BCUT2D eigenvalue weighted by Gasteiger charge is 2.08. The van der Waals surface area contributed by atoms with Crippen LogP contribution in [0.15, 0.2) is 41.0 Å². The van der Waals surface area contributed by atoms with Crippen molar-refractivity contribution in [3.05, 3.63) is 62.3 Å². The lowest BCUT2D eigenvalue weighted by Gasteiger charge is -2.03. The minimum absolute atomic E-state index is 0.314. The molecule has 0 atom stereocenters. The quantitative estimate of drug-likeness (QED) is 0.542. The second-order valence-corrected chi connectivity index (χ2v) is 5.93. The van der Waals surface area contributed by atoms with Crippen LogP contribution in [0.3, 0.4) is 0 Å². The highest BCUT2D eigenvalue weighted by molar-refractivity contribution is 9.10. The van der Waals surface area contributed by atoms with E-state index in [1.807, 2.05) is 0 Å². The molecule has 2 aromatic rings. The van der Waals surface area contributed by atoms with Crippen molar-refractivity contribution in [3.63, 3.8) is 0 Å². The topological polar surface area (TPSA) is 74.0 Å². The fraction of sp³-hybridized carbons (Fsp3) is 0. The van der Waals surface area contributed by atoms with E-state index >= 15 is 0 Å². The van der Waals surface area contributed by atoms with Crippen LogP contribution < -0.4 is 10.9 Å². The van der Waals surface area contributed by atoms with Crippen molar-refractivity contribution >= 4 is 57.0 Å². The molecular formula is C14H10BrCl2N3O2. The number of halogens is 3. The SMILES string of the molecule is O=C(/C=C/c1cc(Cl)ccc1Cl)NNC(=O)c1cc(Br)c[nH]1. The Bertz CT molecular complexity index is 743. The zero-order chi connectivity index (χ0) is 16.1. The van der Waals surface area contributed by atoms with E-state index in [1.54, 1.807) is 30.5 Å². The summed E-state index contributed by atoms with van der Waals surface area (Å²) in [6.45, 7) is 0. The van der Waals surface area contributed by atoms with E-state index in [9.17, 15) is 9.59 Å². The molecule has 2 amide bonds. The van der Waals surface area contributed by atoms with Crippen molar-refractivity contribution in [2.75, 3.05) is 0 Å². The molecule has 0 aliphatic carbocycles. The zero-order valence-corrected chi connectivity index (χ0v) is 14.1. The van der Waals surface area contributed by atoms with Gasteiger partial charge in [-0.1, -0.05) is 23.2 Å². The predicted molar refractivity (Wildman–Crippen MR) is 89.6 cm³/mol. The summed E-state index contributed by atoms with van der Waals surface area (Å²) in [5.74, 6) is -0.969.